The maximum Gasteiger partial charge on any atom is 0.231 e. The van der Waals surface area contributed by atoms with Crippen molar-refractivity contribution in [1.82, 2.24) is 4.90 Å². The van der Waals surface area contributed by atoms with Crippen molar-refractivity contribution in [3.8, 4) is 17.2 Å². The highest BCUT2D eigenvalue weighted by Gasteiger charge is 2.18. The number of thiocarbonyl (C=S) groups is 1. The van der Waals surface area contributed by atoms with Crippen molar-refractivity contribution in [3.63, 3.8) is 0 Å². The molecule has 0 unspecified atom stereocenters. The molecule has 2 aromatic carbocycles. The van der Waals surface area contributed by atoms with E-state index in [1.54, 1.807) is 31.6 Å². The van der Waals surface area contributed by atoms with Crippen LogP contribution in [0.3, 0.4) is 0 Å². The van der Waals surface area contributed by atoms with Crippen molar-refractivity contribution >= 4 is 34.6 Å². The second-order valence-corrected chi connectivity index (χ2v) is 7.22. The molecule has 0 radical (unpaired) electrons. The van der Waals surface area contributed by atoms with E-state index in [0.29, 0.717) is 34.7 Å². The number of nitrogens with one attached hydrogen (secondary N) is 1. The Bertz CT molecular complexity index is 1010. The van der Waals surface area contributed by atoms with Gasteiger partial charge in [0.15, 0.2) is 16.6 Å². The average molecular weight is 431 g/mol. The maximum absolute atomic E-state index is 6.14. The molecule has 0 saturated heterocycles. The molecule has 0 saturated carbocycles. The summed E-state index contributed by atoms with van der Waals surface area (Å²) in [5.74, 6) is 2.93. The molecule has 0 fully saturated rings. The zero-order valence-corrected chi connectivity index (χ0v) is 17.3. The Morgan fingerprint density at radius 2 is 2.00 bits per heavy atom. The van der Waals surface area contributed by atoms with E-state index < -0.39 is 0 Å². The van der Waals surface area contributed by atoms with Crippen LogP contribution in [0.2, 0.25) is 5.02 Å². The van der Waals surface area contributed by atoms with E-state index in [2.05, 4.69) is 5.32 Å². The van der Waals surface area contributed by atoms with Gasteiger partial charge in [0.1, 0.15) is 11.5 Å². The Labute approximate surface area is 178 Å². The lowest BCUT2D eigenvalue weighted by Gasteiger charge is -2.26. The zero-order valence-electron chi connectivity index (χ0n) is 15.7. The van der Waals surface area contributed by atoms with E-state index in [1.165, 1.54) is 0 Å². The molecule has 0 atom stereocenters. The van der Waals surface area contributed by atoms with Gasteiger partial charge in [-0.15, -0.1) is 0 Å². The number of halogens is 1. The Kier molecular flexibility index (Phi) is 5.78. The lowest BCUT2D eigenvalue weighted by Crippen LogP contribution is -2.33. The van der Waals surface area contributed by atoms with Gasteiger partial charge >= 0.3 is 0 Å². The first kappa shape index (κ1) is 19.4. The Morgan fingerprint density at radius 1 is 1.14 bits per heavy atom. The molecular weight excluding hydrogens is 412 g/mol. The molecular formula is C21H19ClN2O4S. The molecule has 4 rings (SSSR count). The first-order valence-corrected chi connectivity index (χ1v) is 9.71. The molecule has 1 N–H and O–H groups in total. The van der Waals surface area contributed by atoms with Crippen LogP contribution in [0.4, 0.5) is 5.69 Å². The molecule has 1 aliphatic heterocycles. The van der Waals surface area contributed by atoms with E-state index in [9.17, 15) is 0 Å². The summed E-state index contributed by atoms with van der Waals surface area (Å²) in [4.78, 5) is 1.99. The molecule has 150 valence electrons. The normalized spacial score (nSPS) is 11.9. The quantitative estimate of drug-likeness (QED) is 0.548. The Hall–Kier alpha value is -2.90. The third kappa shape index (κ3) is 4.58. The summed E-state index contributed by atoms with van der Waals surface area (Å²) in [6, 6.07) is 15.0. The summed E-state index contributed by atoms with van der Waals surface area (Å²) in [6.45, 7) is 1.28. The largest absolute Gasteiger partial charge is 0.495 e. The minimum absolute atomic E-state index is 0.240. The number of nitrogens with zero attached hydrogens (tertiary/aromatic N) is 1. The first-order valence-electron chi connectivity index (χ1n) is 8.93. The van der Waals surface area contributed by atoms with E-state index in [-0.39, 0.29) is 6.79 Å². The fraction of sp³-hybridized carbons (Fsp3) is 0.190. The fourth-order valence-corrected chi connectivity index (χ4v) is 3.43. The number of ether oxygens (including phenoxy) is 3. The van der Waals surface area contributed by atoms with Crippen LogP contribution in [0, 0.1) is 0 Å². The molecule has 8 heteroatoms. The number of hydrogen-bond donors (Lipinski definition) is 1. The monoisotopic (exact) mass is 430 g/mol. The molecule has 2 heterocycles. The van der Waals surface area contributed by atoms with Crippen LogP contribution in [0.25, 0.3) is 0 Å². The predicted molar refractivity (Wildman–Crippen MR) is 115 cm³/mol. The van der Waals surface area contributed by atoms with Gasteiger partial charge in [-0.2, -0.15) is 0 Å². The topological polar surface area (TPSA) is 56.1 Å². The predicted octanol–water partition coefficient (Wildman–Crippen LogP) is 5.07. The molecule has 0 aliphatic carbocycles. The van der Waals surface area contributed by atoms with Crippen LogP contribution in [-0.2, 0) is 13.1 Å². The van der Waals surface area contributed by atoms with Gasteiger partial charge < -0.3 is 28.8 Å². The number of furan rings is 1. The molecule has 29 heavy (non-hydrogen) atoms. The summed E-state index contributed by atoms with van der Waals surface area (Å²) in [7, 11) is 1.60. The molecule has 0 spiro atoms. The van der Waals surface area contributed by atoms with Crippen molar-refractivity contribution < 1.29 is 18.6 Å². The third-order valence-corrected chi connectivity index (χ3v) is 5.02. The lowest BCUT2D eigenvalue weighted by atomic mass is 10.2. The number of methoxy groups -OCH3 is 1. The van der Waals surface area contributed by atoms with E-state index in [0.717, 1.165) is 22.8 Å². The smallest absolute Gasteiger partial charge is 0.231 e. The van der Waals surface area contributed by atoms with Gasteiger partial charge in [-0.1, -0.05) is 17.7 Å². The van der Waals surface area contributed by atoms with Crippen molar-refractivity contribution in [3.05, 3.63) is 71.1 Å². The average Bonchev–Trinajstić information content (AvgIpc) is 3.39. The molecule has 3 aromatic rings. The minimum atomic E-state index is 0.240. The summed E-state index contributed by atoms with van der Waals surface area (Å²) >= 11 is 11.8. The van der Waals surface area contributed by atoms with Crippen LogP contribution in [0.1, 0.15) is 11.3 Å². The highest BCUT2D eigenvalue weighted by molar-refractivity contribution is 7.80. The summed E-state index contributed by atoms with van der Waals surface area (Å²) < 4.78 is 21.8. The SMILES string of the molecule is COc1ccc(Cl)cc1NC(=S)N(Cc1ccc2c(c1)OCO2)Cc1ccco1. The Morgan fingerprint density at radius 3 is 2.79 bits per heavy atom. The summed E-state index contributed by atoms with van der Waals surface area (Å²) in [5.41, 5.74) is 1.73. The fourth-order valence-electron chi connectivity index (χ4n) is 3.02. The van der Waals surface area contributed by atoms with Gasteiger partial charge in [0.2, 0.25) is 6.79 Å². The number of fused-ring (bicyclic) bond motifs is 1. The van der Waals surface area contributed by atoms with Gasteiger partial charge in [0, 0.05) is 11.6 Å². The second-order valence-electron chi connectivity index (χ2n) is 6.40. The van der Waals surface area contributed by atoms with Gasteiger partial charge in [0.25, 0.3) is 0 Å². The lowest BCUT2D eigenvalue weighted by molar-refractivity contribution is 0.174. The van der Waals surface area contributed by atoms with E-state index in [1.807, 2.05) is 35.2 Å². The van der Waals surface area contributed by atoms with E-state index in [4.69, 9.17) is 42.4 Å². The second kappa shape index (κ2) is 8.63. The Balaban J connectivity index is 1.56. The van der Waals surface area contributed by atoms with Crippen molar-refractivity contribution in [2.24, 2.45) is 0 Å². The third-order valence-electron chi connectivity index (χ3n) is 4.43. The number of hydrogen-bond acceptors (Lipinski definition) is 5. The van der Waals surface area contributed by atoms with Crippen molar-refractivity contribution in [1.29, 1.82) is 0 Å². The number of benzene rings is 2. The highest BCUT2D eigenvalue weighted by atomic mass is 35.5. The van der Waals surface area contributed by atoms with Crippen molar-refractivity contribution in [2.45, 2.75) is 13.1 Å². The van der Waals surface area contributed by atoms with Crippen LogP contribution in [-0.4, -0.2) is 23.9 Å². The van der Waals surface area contributed by atoms with Gasteiger partial charge in [-0.25, -0.2) is 0 Å². The summed E-state index contributed by atoms with van der Waals surface area (Å²) in [5, 5.41) is 4.34. The van der Waals surface area contributed by atoms with Crippen molar-refractivity contribution in [2.75, 3.05) is 19.2 Å². The molecule has 0 amide bonds. The highest BCUT2D eigenvalue weighted by Crippen LogP contribution is 2.33. The first-order chi connectivity index (χ1) is 14.1. The summed E-state index contributed by atoms with van der Waals surface area (Å²) in [6.07, 6.45) is 1.64. The molecule has 1 aromatic heterocycles. The van der Waals surface area contributed by atoms with Gasteiger partial charge in [-0.3, -0.25) is 0 Å². The zero-order chi connectivity index (χ0) is 20.2. The number of rotatable bonds is 6. The van der Waals surface area contributed by atoms with Crippen LogP contribution in [0.15, 0.2) is 59.2 Å². The minimum Gasteiger partial charge on any atom is -0.495 e. The molecule has 0 bridgehead atoms. The number of anilines is 1. The molecule has 6 nitrogen and oxygen atoms in total. The van der Waals surface area contributed by atoms with E-state index >= 15 is 0 Å². The van der Waals surface area contributed by atoms with Gasteiger partial charge in [-0.05, 0) is 60.2 Å². The van der Waals surface area contributed by atoms with Crippen LogP contribution < -0.4 is 19.5 Å². The molecule has 1 aliphatic rings. The van der Waals surface area contributed by atoms with Crippen LogP contribution >= 0.6 is 23.8 Å². The standard InChI is InChI=1S/C21H19ClN2O4S/c1-25-18-7-5-15(22)10-17(18)23-21(29)24(12-16-3-2-8-26-16)11-14-4-6-19-20(9-14)28-13-27-19/h2-10H,11-13H2,1H3,(H,23,29). The van der Waals surface area contributed by atoms with Gasteiger partial charge in [0.05, 0.1) is 25.6 Å². The maximum atomic E-state index is 6.14. The van der Waals surface area contributed by atoms with Crippen LogP contribution in [0.5, 0.6) is 17.2 Å².